The molecule has 0 saturated carbocycles. The second-order valence-corrected chi connectivity index (χ2v) is 4.82. The highest BCUT2D eigenvalue weighted by molar-refractivity contribution is 5.89. The van der Waals surface area contributed by atoms with Crippen LogP contribution in [-0.4, -0.2) is 23.6 Å². The minimum absolute atomic E-state index is 0.0600. The minimum atomic E-state index is -0.240. The first-order valence-corrected chi connectivity index (χ1v) is 6.24. The van der Waals surface area contributed by atoms with Gasteiger partial charge in [-0.05, 0) is 18.6 Å². The van der Waals surface area contributed by atoms with Crippen LogP contribution in [0.15, 0.2) is 24.3 Å². The second-order valence-electron chi connectivity index (χ2n) is 4.82. The van der Waals surface area contributed by atoms with E-state index in [9.17, 15) is 4.79 Å². The first-order chi connectivity index (χ1) is 8.68. The Kier molecular flexibility index (Phi) is 2.59. The summed E-state index contributed by atoms with van der Waals surface area (Å²) < 4.78 is 2.12. The molecule has 2 N–H and O–H groups in total. The third-order valence-electron chi connectivity index (χ3n) is 3.63. The predicted octanol–water partition coefficient (Wildman–Crippen LogP) is 1.25. The van der Waals surface area contributed by atoms with Crippen LogP contribution in [0.2, 0.25) is 0 Å². The molecule has 1 fully saturated rings. The molecular formula is C14H17N3O. The van der Waals surface area contributed by atoms with E-state index < -0.39 is 0 Å². The first-order valence-electron chi connectivity index (χ1n) is 6.24. The van der Waals surface area contributed by atoms with Crippen molar-refractivity contribution in [1.29, 1.82) is 0 Å². The van der Waals surface area contributed by atoms with Crippen LogP contribution in [0.4, 0.5) is 0 Å². The summed E-state index contributed by atoms with van der Waals surface area (Å²) in [6.45, 7) is 3.62. The monoisotopic (exact) mass is 243 g/mol. The van der Waals surface area contributed by atoms with E-state index in [-0.39, 0.29) is 11.9 Å². The normalized spacial score (nSPS) is 20.1. The molecule has 18 heavy (non-hydrogen) atoms. The van der Waals surface area contributed by atoms with E-state index in [1.165, 1.54) is 16.5 Å². The van der Waals surface area contributed by atoms with Crippen molar-refractivity contribution < 1.29 is 4.79 Å². The summed E-state index contributed by atoms with van der Waals surface area (Å²) in [5, 5.41) is 7.36. The van der Waals surface area contributed by atoms with Crippen LogP contribution in [0, 0.1) is 6.92 Å². The molecule has 2 aromatic rings. The highest BCUT2D eigenvalue weighted by Crippen LogP contribution is 2.26. The number of fused-ring (bicyclic) bond motifs is 1. The maximum atomic E-state index is 11.9. The number of piperazine rings is 1. The van der Waals surface area contributed by atoms with Gasteiger partial charge in [0.2, 0.25) is 5.91 Å². The van der Waals surface area contributed by atoms with Gasteiger partial charge in [-0.25, -0.2) is 0 Å². The van der Waals surface area contributed by atoms with Crippen molar-refractivity contribution in [1.82, 2.24) is 15.2 Å². The molecule has 0 bridgehead atoms. The lowest BCUT2D eigenvalue weighted by molar-refractivity contribution is -0.124. The molecule has 1 amide bonds. The lowest BCUT2D eigenvalue weighted by Gasteiger charge is -2.24. The molecule has 1 aliphatic heterocycles. The fraction of sp³-hybridized carbons (Fsp3) is 0.357. The summed E-state index contributed by atoms with van der Waals surface area (Å²) in [4.78, 5) is 11.9. The standard InChI is InChI=1S/C14H17N3O/c1-9-4-3-5-10-8-11(17(2)13(9)10)12-14(18)16-7-6-15-12/h3-5,8,12,15H,6-7H2,1-2H3,(H,16,18). The minimum Gasteiger partial charge on any atom is -0.353 e. The molecule has 1 unspecified atom stereocenters. The quantitative estimate of drug-likeness (QED) is 0.791. The lowest BCUT2D eigenvalue weighted by Crippen LogP contribution is -2.47. The Morgan fingerprint density at radius 3 is 2.89 bits per heavy atom. The molecule has 4 nitrogen and oxygen atoms in total. The Morgan fingerprint density at radius 1 is 1.33 bits per heavy atom. The zero-order valence-electron chi connectivity index (χ0n) is 10.7. The van der Waals surface area contributed by atoms with Gasteiger partial charge in [-0.2, -0.15) is 0 Å². The summed E-state index contributed by atoms with van der Waals surface area (Å²) in [6, 6.07) is 8.10. The van der Waals surface area contributed by atoms with Crippen molar-refractivity contribution >= 4 is 16.8 Å². The van der Waals surface area contributed by atoms with Gasteiger partial charge in [-0.3, -0.25) is 10.1 Å². The Bertz CT molecular complexity index is 615. The van der Waals surface area contributed by atoms with Crippen LogP contribution in [-0.2, 0) is 11.8 Å². The number of carbonyl (C=O) groups excluding carboxylic acids is 1. The molecule has 0 radical (unpaired) electrons. The molecule has 1 aromatic carbocycles. The topological polar surface area (TPSA) is 46.1 Å². The summed E-state index contributed by atoms with van der Waals surface area (Å²) in [7, 11) is 2.02. The predicted molar refractivity (Wildman–Crippen MR) is 71.4 cm³/mol. The van der Waals surface area contributed by atoms with Gasteiger partial charge < -0.3 is 9.88 Å². The highest BCUT2D eigenvalue weighted by atomic mass is 16.2. The van der Waals surface area contributed by atoms with Gasteiger partial charge in [0.15, 0.2) is 0 Å². The Hall–Kier alpha value is -1.81. The van der Waals surface area contributed by atoms with Crippen LogP contribution in [0.3, 0.4) is 0 Å². The van der Waals surface area contributed by atoms with Crippen LogP contribution in [0.1, 0.15) is 17.3 Å². The van der Waals surface area contributed by atoms with E-state index in [1.807, 2.05) is 7.05 Å². The summed E-state index contributed by atoms with van der Waals surface area (Å²) >= 11 is 0. The van der Waals surface area contributed by atoms with Crippen LogP contribution in [0.25, 0.3) is 10.9 Å². The van der Waals surface area contributed by atoms with Gasteiger partial charge in [0.1, 0.15) is 6.04 Å². The van der Waals surface area contributed by atoms with Gasteiger partial charge in [-0.1, -0.05) is 18.2 Å². The van der Waals surface area contributed by atoms with Crippen molar-refractivity contribution in [2.24, 2.45) is 7.05 Å². The number of benzene rings is 1. The van der Waals surface area contributed by atoms with Crippen molar-refractivity contribution in [2.75, 3.05) is 13.1 Å². The van der Waals surface area contributed by atoms with E-state index in [0.717, 1.165) is 12.2 Å². The van der Waals surface area contributed by atoms with E-state index in [0.29, 0.717) is 6.54 Å². The van der Waals surface area contributed by atoms with E-state index in [4.69, 9.17) is 0 Å². The zero-order valence-corrected chi connectivity index (χ0v) is 10.7. The number of hydrogen-bond acceptors (Lipinski definition) is 2. The largest absolute Gasteiger partial charge is 0.353 e. The smallest absolute Gasteiger partial charge is 0.243 e. The van der Waals surface area contributed by atoms with Gasteiger partial charge in [0.25, 0.3) is 0 Å². The maximum Gasteiger partial charge on any atom is 0.243 e. The Labute approximate surface area is 106 Å². The number of rotatable bonds is 1. The van der Waals surface area contributed by atoms with Gasteiger partial charge >= 0.3 is 0 Å². The number of carbonyl (C=O) groups is 1. The molecule has 0 spiro atoms. The summed E-state index contributed by atoms with van der Waals surface area (Å²) in [5.74, 6) is 0.0600. The molecule has 0 aliphatic carbocycles. The number of aryl methyl sites for hydroxylation is 2. The molecule has 94 valence electrons. The zero-order chi connectivity index (χ0) is 12.7. The van der Waals surface area contributed by atoms with Gasteiger partial charge in [0.05, 0.1) is 5.52 Å². The van der Waals surface area contributed by atoms with E-state index in [2.05, 4.69) is 46.4 Å². The third kappa shape index (κ3) is 1.61. The first kappa shape index (κ1) is 11.3. The third-order valence-corrected chi connectivity index (χ3v) is 3.63. The second kappa shape index (κ2) is 4.14. The van der Waals surface area contributed by atoms with Crippen LogP contribution >= 0.6 is 0 Å². The van der Waals surface area contributed by atoms with Gasteiger partial charge in [0, 0.05) is 31.2 Å². The van der Waals surface area contributed by atoms with Crippen LogP contribution < -0.4 is 10.6 Å². The summed E-state index contributed by atoms with van der Waals surface area (Å²) in [5.41, 5.74) is 3.46. The number of nitrogens with zero attached hydrogens (tertiary/aromatic N) is 1. The number of para-hydroxylation sites is 1. The number of aromatic nitrogens is 1. The molecule has 1 aromatic heterocycles. The fourth-order valence-corrected chi connectivity index (χ4v) is 2.75. The van der Waals surface area contributed by atoms with Crippen molar-refractivity contribution in [2.45, 2.75) is 13.0 Å². The maximum absolute atomic E-state index is 11.9. The number of amides is 1. The number of hydrogen-bond donors (Lipinski definition) is 2. The molecule has 1 atom stereocenters. The van der Waals surface area contributed by atoms with Gasteiger partial charge in [-0.15, -0.1) is 0 Å². The lowest BCUT2D eigenvalue weighted by atomic mass is 10.1. The fourth-order valence-electron chi connectivity index (χ4n) is 2.75. The molecule has 1 aliphatic rings. The van der Waals surface area contributed by atoms with E-state index in [1.54, 1.807) is 0 Å². The molecule has 1 saturated heterocycles. The molecular weight excluding hydrogens is 226 g/mol. The molecule has 3 rings (SSSR count). The van der Waals surface area contributed by atoms with Crippen molar-refractivity contribution in [3.05, 3.63) is 35.5 Å². The highest BCUT2D eigenvalue weighted by Gasteiger charge is 2.26. The SMILES string of the molecule is Cc1cccc2cc(C3NCCNC3=O)n(C)c12. The van der Waals surface area contributed by atoms with Crippen LogP contribution in [0.5, 0.6) is 0 Å². The molecule has 4 heteroatoms. The Morgan fingerprint density at radius 2 is 2.17 bits per heavy atom. The Balaban J connectivity index is 2.15. The van der Waals surface area contributed by atoms with Crippen molar-refractivity contribution in [3.63, 3.8) is 0 Å². The average molecular weight is 243 g/mol. The molecule has 2 heterocycles. The van der Waals surface area contributed by atoms with E-state index >= 15 is 0 Å². The van der Waals surface area contributed by atoms with Crippen molar-refractivity contribution in [3.8, 4) is 0 Å². The summed E-state index contributed by atoms with van der Waals surface area (Å²) in [6.07, 6.45) is 0. The number of nitrogens with one attached hydrogen (secondary N) is 2. The average Bonchev–Trinajstić information content (AvgIpc) is 2.69.